The van der Waals surface area contributed by atoms with Crippen molar-refractivity contribution in [2.24, 2.45) is 0 Å². The average molecular weight is 420 g/mol. The van der Waals surface area contributed by atoms with E-state index >= 15 is 0 Å². The number of aromatic nitrogens is 2. The summed E-state index contributed by atoms with van der Waals surface area (Å²) in [5.41, 5.74) is 1.52. The van der Waals surface area contributed by atoms with Gasteiger partial charge in [-0.3, -0.25) is 9.69 Å². The van der Waals surface area contributed by atoms with Crippen molar-refractivity contribution >= 4 is 11.9 Å². The van der Waals surface area contributed by atoms with E-state index in [1.54, 1.807) is 25.3 Å². The Balaban J connectivity index is 1.40. The number of aryl methyl sites for hydroxylation is 1. The first-order valence-electron chi connectivity index (χ1n) is 9.83. The molecular formula is C22H20N4O5. The number of fused-ring (bicyclic) bond motifs is 2. The average Bonchev–Trinajstić information content (AvgIpc) is 3.48. The van der Waals surface area contributed by atoms with E-state index in [9.17, 15) is 9.59 Å². The monoisotopic (exact) mass is 420 g/mol. The number of amides is 3. The van der Waals surface area contributed by atoms with Gasteiger partial charge in [-0.15, -0.1) is 0 Å². The van der Waals surface area contributed by atoms with Crippen molar-refractivity contribution in [1.82, 2.24) is 20.4 Å². The van der Waals surface area contributed by atoms with Crippen LogP contribution in [0.25, 0.3) is 11.4 Å². The van der Waals surface area contributed by atoms with Crippen molar-refractivity contribution in [2.45, 2.75) is 24.9 Å². The summed E-state index contributed by atoms with van der Waals surface area (Å²) in [5, 5.41) is 6.88. The van der Waals surface area contributed by atoms with E-state index < -0.39 is 11.6 Å². The molecule has 2 heterocycles. The Bertz CT molecular complexity index is 1190. The molecule has 9 heteroatoms. The number of carbonyl (C=O) groups is 2. The predicted molar refractivity (Wildman–Crippen MR) is 108 cm³/mol. The molecule has 1 atom stereocenters. The van der Waals surface area contributed by atoms with Crippen LogP contribution in [0.3, 0.4) is 0 Å². The Morgan fingerprint density at radius 1 is 1.16 bits per heavy atom. The molecule has 0 bridgehead atoms. The lowest BCUT2D eigenvalue weighted by atomic mass is 9.92. The molecular weight excluding hydrogens is 400 g/mol. The highest BCUT2D eigenvalue weighted by molar-refractivity contribution is 6.08. The maximum Gasteiger partial charge on any atom is 0.325 e. The van der Waals surface area contributed by atoms with Gasteiger partial charge in [0.25, 0.3) is 5.91 Å². The highest BCUT2D eigenvalue weighted by atomic mass is 16.5. The summed E-state index contributed by atoms with van der Waals surface area (Å²) in [4.78, 5) is 31.4. The number of carbonyl (C=O) groups excluding carboxylic acids is 2. The van der Waals surface area contributed by atoms with Gasteiger partial charge in [0.15, 0.2) is 0 Å². The van der Waals surface area contributed by atoms with E-state index in [0.717, 1.165) is 22.4 Å². The number of urea groups is 1. The number of rotatable bonds is 5. The first kappa shape index (κ1) is 19.1. The van der Waals surface area contributed by atoms with Crippen molar-refractivity contribution < 1.29 is 23.6 Å². The third-order valence-electron chi connectivity index (χ3n) is 5.83. The largest absolute Gasteiger partial charge is 0.497 e. The fourth-order valence-corrected chi connectivity index (χ4v) is 4.28. The molecule has 1 aliphatic heterocycles. The second-order valence-corrected chi connectivity index (χ2v) is 7.46. The van der Waals surface area contributed by atoms with Crippen LogP contribution in [0.5, 0.6) is 11.5 Å². The lowest BCUT2D eigenvalue weighted by Crippen LogP contribution is -2.41. The maximum absolute atomic E-state index is 13.3. The highest BCUT2D eigenvalue weighted by Crippen LogP contribution is 2.41. The predicted octanol–water partition coefficient (Wildman–Crippen LogP) is 2.65. The minimum Gasteiger partial charge on any atom is -0.497 e. The molecule has 158 valence electrons. The summed E-state index contributed by atoms with van der Waals surface area (Å²) in [5.74, 6) is 1.29. The molecule has 1 spiro atoms. The molecule has 1 aliphatic carbocycles. The van der Waals surface area contributed by atoms with Gasteiger partial charge in [-0.1, -0.05) is 29.4 Å². The van der Waals surface area contributed by atoms with Gasteiger partial charge in [0.1, 0.15) is 23.6 Å². The quantitative estimate of drug-likeness (QED) is 0.633. The van der Waals surface area contributed by atoms with Crippen LogP contribution in [-0.4, -0.2) is 41.2 Å². The van der Waals surface area contributed by atoms with Gasteiger partial charge in [-0.25, -0.2) is 4.79 Å². The zero-order valence-corrected chi connectivity index (χ0v) is 17.0. The van der Waals surface area contributed by atoms with Crippen molar-refractivity contribution in [2.75, 3.05) is 14.2 Å². The van der Waals surface area contributed by atoms with Crippen LogP contribution in [0.4, 0.5) is 4.79 Å². The number of hydrogen-bond acceptors (Lipinski definition) is 7. The molecule has 2 aromatic carbocycles. The molecule has 9 nitrogen and oxygen atoms in total. The zero-order valence-electron chi connectivity index (χ0n) is 17.0. The van der Waals surface area contributed by atoms with E-state index in [1.807, 2.05) is 24.3 Å². The highest BCUT2D eigenvalue weighted by Gasteiger charge is 2.55. The normalized spacial score (nSPS) is 19.6. The van der Waals surface area contributed by atoms with Crippen LogP contribution in [0.2, 0.25) is 0 Å². The van der Waals surface area contributed by atoms with Gasteiger partial charge in [0.2, 0.25) is 11.7 Å². The lowest BCUT2D eigenvalue weighted by molar-refractivity contribution is -0.132. The van der Waals surface area contributed by atoms with E-state index in [-0.39, 0.29) is 18.3 Å². The Labute approximate surface area is 177 Å². The Kier molecular flexibility index (Phi) is 4.39. The van der Waals surface area contributed by atoms with E-state index in [0.29, 0.717) is 29.3 Å². The van der Waals surface area contributed by atoms with Gasteiger partial charge in [0, 0.05) is 6.07 Å². The number of ether oxygens (including phenoxy) is 2. The van der Waals surface area contributed by atoms with Gasteiger partial charge in [0.05, 0.1) is 19.8 Å². The van der Waals surface area contributed by atoms with Crippen LogP contribution in [0.1, 0.15) is 23.4 Å². The molecule has 1 fully saturated rings. The van der Waals surface area contributed by atoms with Crippen LogP contribution < -0.4 is 14.8 Å². The molecule has 0 saturated carbocycles. The minimum absolute atomic E-state index is 0.111. The first-order valence-corrected chi connectivity index (χ1v) is 9.83. The number of benzene rings is 2. The maximum atomic E-state index is 13.3. The Morgan fingerprint density at radius 3 is 2.81 bits per heavy atom. The lowest BCUT2D eigenvalue weighted by Gasteiger charge is -2.21. The summed E-state index contributed by atoms with van der Waals surface area (Å²) in [6, 6.07) is 12.4. The van der Waals surface area contributed by atoms with E-state index in [2.05, 4.69) is 15.5 Å². The first-order chi connectivity index (χ1) is 15.1. The molecule has 1 saturated heterocycles. The van der Waals surface area contributed by atoms with Crippen LogP contribution >= 0.6 is 0 Å². The van der Waals surface area contributed by atoms with Crippen molar-refractivity contribution in [3.63, 3.8) is 0 Å². The van der Waals surface area contributed by atoms with Crippen LogP contribution in [0.15, 0.2) is 47.0 Å². The molecule has 1 N–H and O–H groups in total. The standard InChI is InChI=1S/C22H20N4O5/c1-29-14-7-8-15(17(11-14)30-2)19-23-18(31-25-19)12-26-20(27)22(24-21(26)28)10-9-13-5-3-4-6-16(13)22/h3-8,11H,9-10,12H2,1-2H3,(H,24,28). The van der Waals surface area contributed by atoms with Crippen LogP contribution in [0, 0.1) is 0 Å². The molecule has 1 unspecified atom stereocenters. The summed E-state index contributed by atoms with van der Waals surface area (Å²) in [6.45, 7) is -0.111. The van der Waals surface area contributed by atoms with E-state index in [1.165, 1.54) is 7.11 Å². The summed E-state index contributed by atoms with van der Waals surface area (Å²) < 4.78 is 15.9. The summed E-state index contributed by atoms with van der Waals surface area (Å²) in [6.07, 6.45) is 1.27. The third kappa shape index (κ3) is 2.92. The number of methoxy groups -OCH3 is 2. The van der Waals surface area contributed by atoms with Crippen molar-refractivity contribution in [3.05, 3.63) is 59.5 Å². The molecule has 2 aliphatic rings. The van der Waals surface area contributed by atoms with Gasteiger partial charge < -0.3 is 19.3 Å². The zero-order chi connectivity index (χ0) is 21.6. The summed E-state index contributed by atoms with van der Waals surface area (Å²) in [7, 11) is 3.10. The fourth-order valence-electron chi connectivity index (χ4n) is 4.28. The molecule has 0 radical (unpaired) electrons. The van der Waals surface area contributed by atoms with Gasteiger partial charge in [-0.05, 0) is 36.1 Å². The second-order valence-electron chi connectivity index (χ2n) is 7.46. The van der Waals surface area contributed by atoms with Crippen molar-refractivity contribution in [3.8, 4) is 22.9 Å². The number of hydrogen-bond donors (Lipinski definition) is 1. The second kappa shape index (κ2) is 7.12. The Morgan fingerprint density at radius 2 is 2.00 bits per heavy atom. The summed E-state index contributed by atoms with van der Waals surface area (Å²) >= 11 is 0. The number of nitrogens with zero attached hydrogens (tertiary/aromatic N) is 3. The van der Waals surface area contributed by atoms with Gasteiger partial charge in [-0.2, -0.15) is 4.98 Å². The topological polar surface area (TPSA) is 107 Å². The number of nitrogens with one attached hydrogen (secondary N) is 1. The smallest absolute Gasteiger partial charge is 0.325 e. The fraction of sp³-hybridized carbons (Fsp3) is 0.273. The third-order valence-corrected chi connectivity index (χ3v) is 5.83. The van der Waals surface area contributed by atoms with Crippen LogP contribution in [-0.2, 0) is 23.3 Å². The Hall–Kier alpha value is -3.88. The molecule has 5 rings (SSSR count). The molecule has 1 aromatic heterocycles. The molecule has 3 amide bonds. The SMILES string of the molecule is COc1ccc(-c2noc(CN3C(=O)NC4(CCc5ccccc54)C3=O)n2)c(OC)c1. The molecule has 3 aromatic rings. The van der Waals surface area contributed by atoms with E-state index in [4.69, 9.17) is 14.0 Å². The molecule has 31 heavy (non-hydrogen) atoms. The minimum atomic E-state index is -1.02. The van der Waals surface area contributed by atoms with Gasteiger partial charge >= 0.3 is 6.03 Å². The van der Waals surface area contributed by atoms with Crippen molar-refractivity contribution in [1.29, 1.82) is 0 Å². The number of imide groups is 1.